The van der Waals surface area contributed by atoms with Crippen LogP contribution in [0.25, 0.3) is 0 Å². The average molecular weight is 292 g/mol. The molecule has 116 valence electrons. The van der Waals surface area contributed by atoms with Crippen LogP contribution in [0.2, 0.25) is 0 Å². The Morgan fingerprint density at radius 1 is 1.24 bits per heavy atom. The summed E-state index contributed by atoms with van der Waals surface area (Å²) in [6, 6.07) is 0.754. The second kappa shape index (κ2) is 6.53. The van der Waals surface area contributed by atoms with Crippen molar-refractivity contribution in [3.8, 4) is 0 Å². The maximum Gasteiger partial charge on any atom is 0.244 e. The van der Waals surface area contributed by atoms with Crippen LogP contribution < -0.4 is 5.73 Å². The lowest BCUT2D eigenvalue weighted by molar-refractivity contribution is -0.134. The van der Waals surface area contributed by atoms with Crippen molar-refractivity contribution in [2.75, 3.05) is 26.2 Å². The molecule has 1 aromatic rings. The van der Waals surface area contributed by atoms with Gasteiger partial charge in [-0.1, -0.05) is 18.1 Å². The van der Waals surface area contributed by atoms with Crippen molar-refractivity contribution >= 4 is 5.91 Å². The van der Waals surface area contributed by atoms with Crippen LogP contribution in [0.5, 0.6) is 0 Å². The molecule has 0 radical (unpaired) electrons. The van der Waals surface area contributed by atoms with Gasteiger partial charge in [-0.05, 0) is 12.8 Å². The molecule has 0 unspecified atom stereocenters. The standard InChI is InChI=1S/C14H24N6O/c15-9-12-10-20(17-16-12)11-14(21)19-7-5-18(6-8-19)13-3-1-2-4-13/h10,13H,1-9,11,15H2. The van der Waals surface area contributed by atoms with E-state index in [9.17, 15) is 4.79 Å². The topological polar surface area (TPSA) is 80.3 Å². The molecule has 2 fully saturated rings. The molecule has 1 amide bonds. The molecule has 1 aromatic heterocycles. The molecule has 1 saturated carbocycles. The maximum absolute atomic E-state index is 12.3. The third kappa shape index (κ3) is 3.41. The van der Waals surface area contributed by atoms with Gasteiger partial charge in [-0.3, -0.25) is 9.69 Å². The van der Waals surface area contributed by atoms with Gasteiger partial charge in [-0.2, -0.15) is 0 Å². The van der Waals surface area contributed by atoms with Gasteiger partial charge in [0.05, 0.1) is 11.9 Å². The zero-order valence-corrected chi connectivity index (χ0v) is 12.4. The first-order valence-corrected chi connectivity index (χ1v) is 7.87. The number of rotatable bonds is 4. The summed E-state index contributed by atoms with van der Waals surface area (Å²) in [5.41, 5.74) is 6.21. The normalized spacial score (nSPS) is 21.1. The van der Waals surface area contributed by atoms with Gasteiger partial charge in [0.1, 0.15) is 6.54 Å². The van der Waals surface area contributed by atoms with Crippen LogP contribution in [0.1, 0.15) is 31.4 Å². The van der Waals surface area contributed by atoms with Crippen molar-refractivity contribution in [2.24, 2.45) is 5.73 Å². The summed E-state index contributed by atoms with van der Waals surface area (Å²) in [6.07, 6.45) is 7.12. The zero-order valence-electron chi connectivity index (χ0n) is 12.4. The highest BCUT2D eigenvalue weighted by Crippen LogP contribution is 2.24. The summed E-state index contributed by atoms with van der Waals surface area (Å²) in [7, 11) is 0. The number of hydrogen-bond acceptors (Lipinski definition) is 5. The summed E-state index contributed by atoms with van der Waals surface area (Å²) in [6.45, 7) is 4.27. The van der Waals surface area contributed by atoms with E-state index in [0.717, 1.165) is 32.2 Å². The number of aromatic nitrogens is 3. The lowest BCUT2D eigenvalue weighted by Crippen LogP contribution is -2.52. The Bertz CT molecular complexity index is 474. The number of nitrogens with zero attached hydrogens (tertiary/aromatic N) is 5. The Kier molecular flexibility index (Phi) is 4.50. The van der Waals surface area contributed by atoms with E-state index in [1.807, 2.05) is 4.90 Å². The Labute approximate surface area is 125 Å². The molecule has 1 saturated heterocycles. The van der Waals surface area contributed by atoms with Crippen molar-refractivity contribution in [1.82, 2.24) is 24.8 Å². The zero-order chi connectivity index (χ0) is 14.7. The summed E-state index contributed by atoms with van der Waals surface area (Å²) in [5.74, 6) is 0.120. The lowest BCUT2D eigenvalue weighted by atomic mass is 10.2. The van der Waals surface area contributed by atoms with Crippen molar-refractivity contribution in [2.45, 2.75) is 44.8 Å². The molecule has 7 heteroatoms. The van der Waals surface area contributed by atoms with Gasteiger partial charge in [-0.15, -0.1) is 5.10 Å². The smallest absolute Gasteiger partial charge is 0.244 e. The predicted molar refractivity (Wildman–Crippen MR) is 78.3 cm³/mol. The van der Waals surface area contributed by atoms with Crippen molar-refractivity contribution in [3.63, 3.8) is 0 Å². The van der Waals surface area contributed by atoms with Crippen LogP contribution in [0.4, 0.5) is 0 Å². The van der Waals surface area contributed by atoms with Crippen LogP contribution in [-0.2, 0) is 17.9 Å². The SMILES string of the molecule is NCc1cn(CC(=O)N2CCN(C3CCCC3)CC2)nn1. The van der Waals surface area contributed by atoms with E-state index >= 15 is 0 Å². The highest BCUT2D eigenvalue weighted by molar-refractivity contribution is 5.76. The first-order valence-electron chi connectivity index (χ1n) is 7.87. The lowest BCUT2D eigenvalue weighted by Gasteiger charge is -2.38. The fourth-order valence-electron chi connectivity index (χ4n) is 3.35. The summed E-state index contributed by atoms with van der Waals surface area (Å²) < 4.78 is 1.58. The Balaban J connectivity index is 1.48. The number of nitrogens with two attached hydrogens (primary N) is 1. The fraction of sp³-hybridized carbons (Fsp3) is 0.786. The molecule has 7 nitrogen and oxygen atoms in total. The van der Waals surface area contributed by atoms with Crippen LogP contribution in [0, 0.1) is 0 Å². The average Bonchev–Trinajstić information content (AvgIpc) is 3.19. The Hall–Kier alpha value is -1.47. The van der Waals surface area contributed by atoms with E-state index in [2.05, 4.69) is 15.2 Å². The van der Waals surface area contributed by atoms with Crippen molar-refractivity contribution < 1.29 is 4.79 Å². The van der Waals surface area contributed by atoms with Gasteiger partial charge in [0.2, 0.25) is 5.91 Å². The van der Waals surface area contributed by atoms with E-state index in [4.69, 9.17) is 5.73 Å². The van der Waals surface area contributed by atoms with Crippen LogP contribution >= 0.6 is 0 Å². The number of carbonyl (C=O) groups excluding carboxylic acids is 1. The third-order valence-corrected chi connectivity index (χ3v) is 4.60. The van der Waals surface area contributed by atoms with E-state index in [1.54, 1.807) is 10.9 Å². The highest BCUT2D eigenvalue weighted by Gasteiger charge is 2.27. The predicted octanol–water partition coefficient (Wildman–Crippen LogP) is -0.176. The Morgan fingerprint density at radius 3 is 2.57 bits per heavy atom. The van der Waals surface area contributed by atoms with Gasteiger partial charge in [0.15, 0.2) is 0 Å². The molecule has 2 aliphatic rings. The summed E-state index contributed by atoms with van der Waals surface area (Å²) in [4.78, 5) is 16.8. The second-order valence-corrected chi connectivity index (χ2v) is 5.97. The largest absolute Gasteiger partial charge is 0.339 e. The van der Waals surface area contributed by atoms with Crippen LogP contribution in [0.15, 0.2) is 6.20 Å². The molecule has 0 atom stereocenters. The maximum atomic E-state index is 12.3. The van der Waals surface area contributed by atoms with E-state index in [1.165, 1.54) is 25.7 Å². The van der Waals surface area contributed by atoms with Gasteiger partial charge in [0.25, 0.3) is 0 Å². The molecule has 21 heavy (non-hydrogen) atoms. The van der Waals surface area contributed by atoms with Crippen molar-refractivity contribution in [3.05, 3.63) is 11.9 Å². The highest BCUT2D eigenvalue weighted by atomic mass is 16.2. The van der Waals surface area contributed by atoms with E-state index < -0.39 is 0 Å². The monoisotopic (exact) mass is 292 g/mol. The quantitative estimate of drug-likeness (QED) is 0.833. The van der Waals surface area contributed by atoms with E-state index in [-0.39, 0.29) is 12.5 Å². The molecule has 1 aliphatic carbocycles. The molecule has 3 rings (SSSR count). The number of amides is 1. The number of piperazine rings is 1. The van der Waals surface area contributed by atoms with Gasteiger partial charge < -0.3 is 10.6 Å². The number of hydrogen-bond donors (Lipinski definition) is 1. The van der Waals surface area contributed by atoms with Crippen LogP contribution in [-0.4, -0.2) is 62.9 Å². The first kappa shape index (κ1) is 14.5. The molecular formula is C14H24N6O. The molecule has 2 heterocycles. The van der Waals surface area contributed by atoms with Gasteiger partial charge in [0, 0.05) is 38.8 Å². The minimum absolute atomic E-state index is 0.120. The minimum Gasteiger partial charge on any atom is -0.339 e. The van der Waals surface area contributed by atoms with Crippen LogP contribution in [0.3, 0.4) is 0 Å². The molecule has 2 N–H and O–H groups in total. The van der Waals surface area contributed by atoms with Crippen molar-refractivity contribution in [1.29, 1.82) is 0 Å². The van der Waals surface area contributed by atoms with Gasteiger partial charge >= 0.3 is 0 Å². The minimum atomic E-state index is 0.120. The summed E-state index contributed by atoms with van der Waals surface area (Å²) in [5, 5.41) is 7.83. The molecule has 0 aromatic carbocycles. The van der Waals surface area contributed by atoms with E-state index in [0.29, 0.717) is 12.2 Å². The first-order chi connectivity index (χ1) is 10.3. The number of carbonyl (C=O) groups is 1. The third-order valence-electron chi connectivity index (χ3n) is 4.60. The molecular weight excluding hydrogens is 268 g/mol. The Morgan fingerprint density at radius 2 is 1.95 bits per heavy atom. The molecule has 0 bridgehead atoms. The summed E-state index contributed by atoms with van der Waals surface area (Å²) >= 11 is 0. The fourth-order valence-corrected chi connectivity index (χ4v) is 3.35. The molecule has 1 aliphatic heterocycles. The second-order valence-electron chi connectivity index (χ2n) is 5.97. The molecule has 0 spiro atoms. The van der Waals surface area contributed by atoms with Gasteiger partial charge in [-0.25, -0.2) is 4.68 Å².